The fourth-order valence-electron chi connectivity index (χ4n) is 2.91. The maximum Gasteiger partial charge on any atom is 0.340 e. The number of hydrazine groups is 1. The first-order valence-corrected chi connectivity index (χ1v) is 8.00. The van der Waals surface area contributed by atoms with Gasteiger partial charge in [0.1, 0.15) is 0 Å². The molecule has 2 N–H and O–H groups in total. The number of benzene rings is 2. The van der Waals surface area contributed by atoms with Gasteiger partial charge in [-0.25, -0.2) is 19.6 Å². The van der Waals surface area contributed by atoms with Gasteiger partial charge in [0, 0.05) is 10.0 Å². The first-order chi connectivity index (χ1) is 11.5. The van der Waals surface area contributed by atoms with E-state index < -0.39 is 12.3 Å². The predicted molar refractivity (Wildman–Crippen MR) is 89.1 cm³/mol. The lowest BCUT2D eigenvalue weighted by atomic mass is 10.2. The van der Waals surface area contributed by atoms with Gasteiger partial charge in [-0.2, -0.15) is 0 Å². The number of fused-ring (bicyclic) bond motifs is 1. The van der Waals surface area contributed by atoms with Crippen molar-refractivity contribution in [3.63, 3.8) is 0 Å². The van der Waals surface area contributed by atoms with Crippen molar-refractivity contribution < 1.29 is 9.59 Å². The van der Waals surface area contributed by atoms with Gasteiger partial charge in [0.25, 0.3) is 0 Å². The average Bonchev–Trinajstić information content (AvgIpc) is 3.08. The molecule has 0 saturated carbocycles. The van der Waals surface area contributed by atoms with E-state index in [0.29, 0.717) is 10.0 Å². The van der Waals surface area contributed by atoms with E-state index >= 15 is 0 Å². The minimum Gasteiger partial charge on any atom is -0.310 e. The van der Waals surface area contributed by atoms with E-state index in [1.54, 1.807) is 48.5 Å². The molecule has 0 bridgehead atoms. The Morgan fingerprint density at radius 3 is 1.33 bits per heavy atom. The van der Waals surface area contributed by atoms with Gasteiger partial charge in [-0.3, -0.25) is 0 Å². The normalized spacial score (nSPS) is 22.4. The second kappa shape index (κ2) is 5.58. The maximum atomic E-state index is 12.4. The fraction of sp³-hybridized carbons (Fsp3) is 0.125. The van der Waals surface area contributed by atoms with E-state index in [-0.39, 0.29) is 12.1 Å². The second-order valence-corrected chi connectivity index (χ2v) is 6.37. The fourth-order valence-corrected chi connectivity index (χ4v) is 3.16. The third kappa shape index (κ3) is 2.35. The molecule has 122 valence electrons. The molecule has 2 atom stereocenters. The lowest BCUT2D eigenvalue weighted by Crippen LogP contribution is -2.36. The van der Waals surface area contributed by atoms with Crippen molar-refractivity contribution in [1.29, 1.82) is 0 Å². The molecule has 2 aliphatic rings. The number of amides is 4. The summed E-state index contributed by atoms with van der Waals surface area (Å²) in [5.41, 5.74) is 1.53. The number of carbonyl (C=O) groups excluding carboxylic acids is 2. The number of hydrogen-bond donors (Lipinski definition) is 2. The smallest absolute Gasteiger partial charge is 0.310 e. The van der Waals surface area contributed by atoms with Crippen LogP contribution >= 0.6 is 23.2 Å². The summed E-state index contributed by atoms with van der Waals surface area (Å²) in [6.45, 7) is 0. The molecular weight excluding hydrogens is 351 g/mol. The molecule has 0 aromatic heterocycles. The van der Waals surface area contributed by atoms with E-state index in [0.717, 1.165) is 11.1 Å². The molecule has 0 spiro atoms. The minimum absolute atomic E-state index is 0.353. The number of nitrogens with one attached hydrogen (secondary N) is 2. The third-order valence-electron chi connectivity index (χ3n) is 4.03. The summed E-state index contributed by atoms with van der Waals surface area (Å²) in [4.78, 5) is 24.9. The number of nitrogens with zero attached hydrogens (tertiary/aromatic N) is 2. The Morgan fingerprint density at radius 1 is 0.667 bits per heavy atom. The van der Waals surface area contributed by atoms with E-state index in [9.17, 15) is 9.59 Å². The van der Waals surface area contributed by atoms with Crippen LogP contribution in [-0.4, -0.2) is 22.1 Å². The first kappa shape index (κ1) is 15.1. The van der Waals surface area contributed by atoms with Gasteiger partial charge in [-0.05, 0) is 35.4 Å². The Labute approximate surface area is 147 Å². The number of rotatable bonds is 2. The van der Waals surface area contributed by atoms with Gasteiger partial charge < -0.3 is 10.6 Å². The number of carbonyl (C=O) groups is 2. The quantitative estimate of drug-likeness (QED) is 0.855. The van der Waals surface area contributed by atoms with E-state index in [1.165, 1.54) is 10.0 Å². The summed E-state index contributed by atoms with van der Waals surface area (Å²) < 4.78 is 0. The third-order valence-corrected chi connectivity index (χ3v) is 4.53. The van der Waals surface area contributed by atoms with Gasteiger partial charge in [0.2, 0.25) is 0 Å². The molecular formula is C16H12Cl2N4O2. The zero-order chi connectivity index (χ0) is 16.8. The van der Waals surface area contributed by atoms with Crippen LogP contribution in [0.1, 0.15) is 23.5 Å². The van der Waals surface area contributed by atoms with Crippen molar-refractivity contribution in [2.24, 2.45) is 0 Å². The molecule has 24 heavy (non-hydrogen) atoms. The Bertz CT molecular complexity index is 740. The molecule has 2 aromatic rings. The van der Waals surface area contributed by atoms with Crippen molar-refractivity contribution in [2.45, 2.75) is 12.3 Å². The Kier molecular flexibility index (Phi) is 3.51. The summed E-state index contributed by atoms with van der Waals surface area (Å²) in [5, 5.41) is 9.57. The van der Waals surface area contributed by atoms with Gasteiger partial charge in [-0.15, -0.1) is 0 Å². The molecule has 4 rings (SSSR count). The average molecular weight is 363 g/mol. The highest BCUT2D eigenvalue weighted by molar-refractivity contribution is 6.30. The van der Waals surface area contributed by atoms with Gasteiger partial charge in [-0.1, -0.05) is 47.5 Å². The highest BCUT2D eigenvalue weighted by Crippen LogP contribution is 2.36. The van der Waals surface area contributed by atoms with E-state index in [2.05, 4.69) is 10.6 Å². The summed E-state index contributed by atoms with van der Waals surface area (Å²) >= 11 is 11.8. The number of hydrogen-bond acceptors (Lipinski definition) is 2. The van der Waals surface area contributed by atoms with Crippen LogP contribution in [-0.2, 0) is 0 Å². The molecule has 2 aliphatic heterocycles. The van der Waals surface area contributed by atoms with E-state index in [1.807, 2.05) is 0 Å². The van der Waals surface area contributed by atoms with Crippen LogP contribution in [0.5, 0.6) is 0 Å². The highest BCUT2D eigenvalue weighted by Gasteiger charge is 2.51. The van der Waals surface area contributed by atoms with Crippen LogP contribution in [0.15, 0.2) is 48.5 Å². The van der Waals surface area contributed by atoms with E-state index in [4.69, 9.17) is 23.2 Å². The van der Waals surface area contributed by atoms with Crippen molar-refractivity contribution in [1.82, 2.24) is 20.7 Å². The molecule has 0 radical (unpaired) electrons. The molecule has 0 aliphatic carbocycles. The monoisotopic (exact) mass is 362 g/mol. The Balaban J connectivity index is 1.68. The minimum atomic E-state index is -0.577. The van der Waals surface area contributed by atoms with Crippen molar-refractivity contribution >= 4 is 35.3 Å². The number of urea groups is 2. The standard InChI is InChI=1S/C16H12Cl2N4O2/c17-11-5-1-9(2-6-11)13-19-15(23)22-14(20-16(24)21(13)22)10-3-7-12(18)8-4-10/h1-8,13-14H,(H,19,23)(H,20,24)/t13-,14-/m0/s1. The van der Waals surface area contributed by atoms with Crippen molar-refractivity contribution in [2.75, 3.05) is 0 Å². The molecule has 6 nitrogen and oxygen atoms in total. The Morgan fingerprint density at radius 2 is 1.00 bits per heavy atom. The largest absolute Gasteiger partial charge is 0.340 e. The molecule has 8 heteroatoms. The van der Waals surface area contributed by atoms with Crippen LogP contribution in [0.4, 0.5) is 9.59 Å². The van der Waals surface area contributed by atoms with Crippen LogP contribution in [0.25, 0.3) is 0 Å². The second-order valence-electron chi connectivity index (χ2n) is 5.50. The first-order valence-electron chi connectivity index (χ1n) is 7.25. The SMILES string of the molecule is O=C1N[C@H](c2ccc(Cl)cc2)N2C(=O)N[C@H](c3ccc(Cl)cc3)N12. The van der Waals surface area contributed by atoms with Gasteiger partial charge >= 0.3 is 12.1 Å². The highest BCUT2D eigenvalue weighted by atomic mass is 35.5. The maximum absolute atomic E-state index is 12.4. The van der Waals surface area contributed by atoms with Crippen LogP contribution < -0.4 is 10.6 Å². The Hall–Kier alpha value is -2.44. The summed E-state index contributed by atoms with van der Waals surface area (Å²) in [5.74, 6) is 0. The number of halogens is 2. The molecule has 2 aromatic carbocycles. The van der Waals surface area contributed by atoms with Crippen molar-refractivity contribution in [3.05, 3.63) is 69.7 Å². The lowest BCUT2D eigenvalue weighted by Gasteiger charge is -2.24. The molecule has 2 fully saturated rings. The molecule has 4 amide bonds. The molecule has 2 heterocycles. The van der Waals surface area contributed by atoms with Crippen LogP contribution in [0.2, 0.25) is 10.0 Å². The zero-order valence-corrected chi connectivity index (χ0v) is 13.8. The summed E-state index contributed by atoms with van der Waals surface area (Å²) in [6, 6.07) is 13.3. The van der Waals surface area contributed by atoms with Gasteiger partial charge in [0.05, 0.1) is 0 Å². The molecule has 0 unspecified atom stereocenters. The lowest BCUT2D eigenvalue weighted by molar-refractivity contribution is 0.0672. The topological polar surface area (TPSA) is 64.7 Å². The van der Waals surface area contributed by atoms with Crippen LogP contribution in [0, 0.1) is 0 Å². The molecule has 2 saturated heterocycles. The van der Waals surface area contributed by atoms with Gasteiger partial charge in [0.15, 0.2) is 12.3 Å². The zero-order valence-electron chi connectivity index (χ0n) is 12.2. The summed E-state index contributed by atoms with van der Waals surface area (Å²) in [6.07, 6.45) is -1.15. The summed E-state index contributed by atoms with van der Waals surface area (Å²) in [7, 11) is 0. The predicted octanol–water partition coefficient (Wildman–Crippen LogP) is 3.66. The van der Waals surface area contributed by atoms with Crippen LogP contribution in [0.3, 0.4) is 0 Å². The van der Waals surface area contributed by atoms with Crippen molar-refractivity contribution in [3.8, 4) is 0 Å².